The number of carbonyl (C=O) groups is 1. The van der Waals surface area contributed by atoms with Crippen LogP contribution in [0.4, 0.5) is 5.69 Å². The number of benzene rings is 3. The predicted octanol–water partition coefficient (Wildman–Crippen LogP) is 7.16. The number of ether oxygens (including phenoxy) is 2. The summed E-state index contributed by atoms with van der Waals surface area (Å²) >= 11 is 1.41. The lowest BCUT2D eigenvalue weighted by Crippen LogP contribution is -2.28. The van der Waals surface area contributed by atoms with Crippen LogP contribution in [0.1, 0.15) is 43.0 Å². The molecule has 0 spiro atoms. The van der Waals surface area contributed by atoms with Crippen LogP contribution >= 0.6 is 11.8 Å². The van der Waals surface area contributed by atoms with E-state index in [0.29, 0.717) is 41.3 Å². The first kappa shape index (κ1) is 25.6. The molecule has 186 valence electrons. The van der Waals surface area contributed by atoms with Crippen LogP contribution in [0.25, 0.3) is 6.08 Å². The molecular weight excluding hydrogens is 468 g/mol. The first-order valence-corrected chi connectivity index (χ1v) is 13.2. The molecule has 36 heavy (non-hydrogen) atoms. The van der Waals surface area contributed by atoms with Crippen LogP contribution in [0.5, 0.6) is 11.5 Å². The highest BCUT2D eigenvalue weighted by atomic mass is 32.2. The van der Waals surface area contributed by atoms with Crippen LogP contribution in [0.15, 0.2) is 76.6 Å². The fourth-order valence-corrected chi connectivity index (χ4v) is 5.06. The minimum atomic E-state index is -0.0343. The second kappa shape index (κ2) is 12.0. The summed E-state index contributed by atoms with van der Waals surface area (Å²) in [5.74, 6) is 1.31. The normalized spacial score (nSPS) is 15.7. The van der Waals surface area contributed by atoms with Gasteiger partial charge in [-0.1, -0.05) is 61.0 Å². The molecule has 4 rings (SSSR count). The lowest BCUT2D eigenvalue weighted by atomic mass is 10.1. The Morgan fingerprint density at radius 2 is 1.78 bits per heavy atom. The Morgan fingerprint density at radius 1 is 0.944 bits per heavy atom. The molecule has 1 saturated heterocycles. The summed E-state index contributed by atoms with van der Waals surface area (Å²) in [7, 11) is 0. The molecule has 0 N–H and O–H groups in total. The van der Waals surface area contributed by atoms with Gasteiger partial charge in [-0.3, -0.25) is 9.69 Å². The third-order valence-electron chi connectivity index (χ3n) is 5.84. The second-order valence-corrected chi connectivity index (χ2v) is 9.46. The number of nitrogens with zero attached hydrogens (tertiary/aromatic N) is 2. The van der Waals surface area contributed by atoms with Gasteiger partial charge in [0.2, 0.25) is 0 Å². The van der Waals surface area contributed by atoms with Gasteiger partial charge < -0.3 is 9.47 Å². The third kappa shape index (κ3) is 6.00. The quantitative estimate of drug-likeness (QED) is 0.293. The molecule has 0 aliphatic carbocycles. The fraction of sp³-hybridized carbons (Fsp3) is 0.267. The van der Waals surface area contributed by atoms with Gasteiger partial charge in [-0.2, -0.15) is 0 Å². The van der Waals surface area contributed by atoms with Crippen LogP contribution in [-0.4, -0.2) is 29.1 Å². The number of amides is 1. The van der Waals surface area contributed by atoms with Crippen molar-refractivity contribution >= 4 is 34.6 Å². The zero-order valence-corrected chi connectivity index (χ0v) is 22.1. The maximum absolute atomic E-state index is 13.2. The molecule has 0 atom stereocenters. The minimum absolute atomic E-state index is 0.0343. The maximum atomic E-state index is 13.2. The van der Waals surface area contributed by atoms with Gasteiger partial charge in [-0.25, -0.2) is 4.99 Å². The van der Waals surface area contributed by atoms with E-state index in [1.807, 2.05) is 68.5 Å². The Morgan fingerprint density at radius 3 is 2.53 bits per heavy atom. The Hall–Kier alpha value is -3.51. The molecule has 1 amide bonds. The van der Waals surface area contributed by atoms with Gasteiger partial charge in [0, 0.05) is 6.54 Å². The monoisotopic (exact) mass is 500 g/mol. The van der Waals surface area contributed by atoms with E-state index in [4.69, 9.17) is 14.5 Å². The molecule has 0 radical (unpaired) electrons. The molecule has 5 nitrogen and oxygen atoms in total. The number of rotatable bonds is 9. The molecule has 3 aromatic rings. The molecule has 0 unspecified atom stereocenters. The number of likely N-dealkylation sites (N-methyl/N-ethyl adjacent to an activating group) is 1. The van der Waals surface area contributed by atoms with Crippen LogP contribution in [-0.2, 0) is 17.8 Å². The average molecular weight is 501 g/mol. The fourth-order valence-electron chi connectivity index (χ4n) is 4.01. The van der Waals surface area contributed by atoms with Crippen molar-refractivity contribution in [3.8, 4) is 11.5 Å². The van der Waals surface area contributed by atoms with Crippen molar-refractivity contribution in [2.24, 2.45) is 4.99 Å². The molecule has 1 fully saturated rings. The van der Waals surface area contributed by atoms with E-state index in [1.54, 1.807) is 4.90 Å². The number of aliphatic imine (C=N–C) groups is 1. The van der Waals surface area contributed by atoms with Gasteiger partial charge in [0.15, 0.2) is 16.7 Å². The maximum Gasteiger partial charge on any atom is 0.266 e. The van der Waals surface area contributed by atoms with E-state index < -0.39 is 0 Å². The van der Waals surface area contributed by atoms with Crippen molar-refractivity contribution in [1.29, 1.82) is 0 Å². The zero-order chi connectivity index (χ0) is 25.5. The number of aryl methyl sites for hydroxylation is 2. The SMILES string of the molecule is CCOc1cc(/C=C2/SC(=Nc3ccccc3CC)N(CC)C2=O)ccc1OCc1cccc(C)c1. The van der Waals surface area contributed by atoms with Crippen LogP contribution < -0.4 is 9.47 Å². The van der Waals surface area contributed by atoms with E-state index in [2.05, 4.69) is 32.0 Å². The van der Waals surface area contributed by atoms with Crippen molar-refractivity contribution in [3.05, 3.63) is 93.9 Å². The van der Waals surface area contributed by atoms with Gasteiger partial charge in [-0.05, 0) is 79.9 Å². The van der Waals surface area contributed by atoms with Crippen LogP contribution in [0.2, 0.25) is 0 Å². The second-order valence-electron chi connectivity index (χ2n) is 8.45. The molecule has 6 heteroatoms. The Kier molecular flexibility index (Phi) is 8.49. The van der Waals surface area contributed by atoms with Crippen molar-refractivity contribution in [2.75, 3.05) is 13.2 Å². The van der Waals surface area contributed by atoms with Gasteiger partial charge >= 0.3 is 0 Å². The van der Waals surface area contributed by atoms with E-state index in [1.165, 1.54) is 17.3 Å². The van der Waals surface area contributed by atoms with Crippen molar-refractivity contribution < 1.29 is 14.3 Å². The van der Waals surface area contributed by atoms with Crippen molar-refractivity contribution in [3.63, 3.8) is 0 Å². The van der Waals surface area contributed by atoms with Crippen LogP contribution in [0.3, 0.4) is 0 Å². The highest BCUT2D eigenvalue weighted by molar-refractivity contribution is 8.18. The lowest BCUT2D eigenvalue weighted by molar-refractivity contribution is -0.122. The first-order chi connectivity index (χ1) is 17.5. The van der Waals surface area contributed by atoms with E-state index in [-0.39, 0.29) is 5.91 Å². The highest BCUT2D eigenvalue weighted by Crippen LogP contribution is 2.36. The van der Waals surface area contributed by atoms with Crippen molar-refractivity contribution in [2.45, 2.75) is 40.7 Å². The number of para-hydroxylation sites is 1. The number of amidine groups is 1. The van der Waals surface area contributed by atoms with Gasteiger partial charge in [0.1, 0.15) is 6.61 Å². The van der Waals surface area contributed by atoms with Gasteiger partial charge in [-0.15, -0.1) is 0 Å². The largest absolute Gasteiger partial charge is 0.490 e. The summed E-state index contributed by atoms with van der Waals surface area (Å²) < 4.78 is 11.9. The Bertz CT molecular complexity index is 1300. The van der Waals surface area contributed by atoms with E-state index >= 15 is 0 Å². The summed E-state index contributed by atoms with van der Waals surface area (Å²) in [4.78, 5) is 20.4. The van der Waals surface area contributed by atoms with Crippen LogP contribution in [0, 0.1) is 6.92 Å². The van der Waals surface area contributed by atoms with E-state index in [0.717, 1.165) is 28.8 Å². The zero-order valence-electron chi connectivity index (χ0n) is 21.3. The molecule has 1 aliphatic heterocycles. The summed E-state index contributed by atoms with van der Waals surface area (Å²) in [6.45, 7) is 9.63. The smallest absolute Gasteiger partial charge is 0.266 e. The lowest BCUT2D eigenvalue weighted by Gasteiger charge is -2.13. The first-order valence-electron chi connectivity index (χ1n) is 12.4. The molecule has 0 saturated carbocycles. The molecule has 3 aromatic carbocycles. The third-order valence-corrected chi connectivity index (χ3v) is 6.84. The number of hydrogen-bond acceptors (Lipinski definition) is 5. The molecular formula is C30H32N2O3S. The Balaban J connectivity index is 1.58. The number of carbonyl (C=O) groups excluding carboxylic acids is 1. The summed E-state index contributed by atoms with van der Waals surface area (Å²) in [5.41, 5.74) is 5.25. The Labute approximate surface area is 217 Å². The standard InChI is InChI=1S/C30H32N2O3S/c1-5-24-13-8-9-14-25(24)31-30-32(6-2)29(33)28(36-30)19-22-15-16-26(27(18-22)34-7-3)35-20-23-12-10-11-21(4)17-23/h8-19H,5-7,20H2,1-4H3/b28-19+,31-30?. The molecule has 1 aliphatic rings. The topological polar surface area (TPSA) is 51.1 Å². The molecule has 0 aromatic heterocycles. The molecule has 1 heterocycles. The summed E-state index contributed by atoms with van der Waals surface area (Å²) in [6.07, 6.45) is 2.79. The van der Waals surface area contributed by atoms with Crippen molar-refractivity contribution in [1.82, 2.24) is 4.90 Å². The molecule has 0 bridgehead atoms. The minimum Gasteiger partial charge on any atom is -0.490 e. The summed E-state index contributed by atoms with van der Waals surface area (Å²) in [6, 6.07) is 22.1. The van der Waals surface area contributed by atoms with Gasteiger partial charge in [0.25, 0.3) is 5.91 Å². The average Bonchev–Trinajstić information content (AvgIpc) is 3.17. The summed E-state index contributed by atoms with van der Waals surface area (Å²) in [5, 5.41) is 0.706. The highest BCUT2D eigenvalue weighted by Gasteiger charge is 2.32. The van der Waals surface area contributed by atoms with E-state index in [9.17, 15) is 4.79 Å². The predicted molar refractivity (Wildman–Crippen MR) is 149 cm³/mol. The number of hydrogen-bond donors (Lipinski definition) is 0. The van der Waals surface area contributed by atoms with Gasteiger partial charge in [0.05, 0.1) is 17.2 Å². The number of thioether (sulfide) groups is 1.